The zero-order chi connectivity index (χ0) is 14.0. The molecule has 106 valence electrons. The van der Waals surface area contributed by atoms with Gasteiger partial charge in [0.1, 0.15) is 0 Å². The van der Waals surface area contributed by atoms with Gasteiger partial charge < -0.3 is 5.73 Å². The van der Waals surface area contributed by atoms with Gasteiger partial charge in [0.05, 0.1) is 0 Å². The van der Waals surface area contributed by atoms with E-state index >= 15 is 0 Å². The topological polar surface area (TPSA) is 29.3 Å². The van der Waals surface area contributed by atoms with Crippen LogP contribution in [0.4, 0.5) is 0 Å². The number of rotatable bonds is 3. The zero-order valence-electron chi connectivity index (χ0n) is 11.8. The van der Waals surface area contributed by atoms with Gasteiger partial charge in [0.2, 0.25) is 0 Å². The fraction of sp³-hybridized carbons (Fsp3) is 0.600. The Bertz CT molecular complexity index is 414. The van der Waals surface area contributed by atoms with Gasteiger partial charge in [-0.3, -0.25) is 4.90 Å². The predicted octanol–water partition coefficient (Wildman–Crippen LogP) is 3.66. The van der Waals surface area contributed by atoms with Crippen LogP contribution in [0.5, 0.6) is 0 Å². The molecule has 2 nitrogen and oxygen atoms in total. The first-order valence-corrected chi connectivity index (χ1v) is 8.61. The maximum absolute atomic E-state index is 6.28. The number of thioether (sulfide) groups is 1. The Morgan fingerprint density at radius 1 is 1.32 bits per heavy atom. The molecule has 2 N–H and O–H groups in total. The largest absolute Gasteiger partial charge is 0.326 e. The third-order valence-electron chi connectivity index (χ3n) is 3.53. The number of nitrogens with zero attached hydrogens (tertiary/aromatic N) is 1. The number of benzene rings is 1. The van der Waals surface area contributed by atoms with Gasteiger partial charge in [0.15, 0.2) is 0 Å². The van der Waals surface area contributed by atoms with Crippen molar-refractivity contribution in [2.75, 3.05) is 13.1 Å². The Morgan fingerprint density at radius 3 is 2.47 bits per heavy atom. The molecule has 0 amide bonds. The van der Waals surface area contributed by atoms with Gasteiger partial charge in [-0.15, -0.1) is 0 Å². The molecule has 0 bridgehead atoms. The minimum Gasteiger partial charge on any atom is -0.326 e. The van der Waals surface area contributed by atoms with Crippen molar-refractivity contribution in [2.45, 2.75) is 43.4 Å². The van der Waals surface area contributed by atoms with E-state index in [4.69, 9.17) is 5.73 Å². The molecule has 1 aromatic carbocycles. The Balaban J connectivity index is 2.25. The average molecular weight is 343 g/mol. The SMILES string of the molecule is CC1CN(C(c2cccc(Br)c2)C(C)N)CC(C)S1. The van der Waals surface area contributed by atoms with Gasteiger partial charge in [-0.25, -0.2) is 0 Å². The van der Waals surface area contributed by atoms with E-state index in [1.807, 2.05) is 0 Å². The third kappa shape index (κ3) is 3.97. The first kappa shape index (κ1) is 15.4. The second-order valence-electron chi connectivity index (χ2n) is 5.57. The van der Waals surface area contributed by atoms with Crippen molar-refractivity contribution < 1.29 is 0 Å². The van der Waals surface area contributed by atoms with Crippen LogP contribution in [0.2, 0.25) is 0 Å². The van der Waals surface area contributed by atoms with Crippen LogP contribution < -0.4 is 5.73 Å². The lowest BCUT2D eigenvalue weighted by molar-refractivity contribution is 0.174. The van der Waals surface area contributed by atoms with Gasteiger partial charge in [-0.05, 0) is 24.6 Å². The number of hydrogen-bond acceptors (Lipinski definition) is 3. The molecular weight excluding hydrogens is 320 g/mol. The van der Waals surface area contributed by atoms with Crippen LogP contribution in [0.25, 0.3) is 0 Å². The average Bonchev–Trinajstić information content (AvgIpc) is 2.27. The van der Waals surface area contributed by atoms with Crippen LogP contribution in [-0.2, 0) is 0 Å². The lowest BCUT2D eigenvalue weighted by Crippen LogP contribution is -2.47. The summed E-state index contributed by atoms with van der Waals surface area (Å²) >= 11 is 5.64. The zero-order valence-corrected chi connectivity index (χ0v) is 14.2. The quantitative estimate of drug-likeness (QED) is 0.908. The molecule has 1 aliphatic rings. The first-order chi connectivity index (χ1) is 8.97. The van der Waals surface area contributed by atoms with Gasteiger partial charge in [0.25, 0.3) is 0 Å². The van der Waals surface area contributed by atoms with Gasteiger partial charge in [-0.2, -0.15) is 11.8 Å². The summed E-state index contributed by atoms with van der Waals surface area (Å²) in [5.74, 6) is 0. The molecule has 0 radical (unpaired) electrons. The number of hydrogen-bond donors (Lipinski definition) is 1. The van der Waals surface area contributed by atoms with E-state index in [2.05, 4.69) is 77.6 Å². The summed E-state index contributed by atoms with van der Waals surface area (Å²) < 4.78 is 1.13. The molecule has 1 fully saturated rings. The van der Waals surface area contributed by atoms with Crippen molar-refractivity contribution >= 4 is 27.7 Å². The molecule has 1 aromatic rings. The van der Waals surface area contributed by atoms with Crippen molar-refractivity contribution in [3.8, 4) is 0 Å². The lowest BCUT2D eigenvalue weighted by atomic mass is 9.98. The monoisotopic (exact) mass is 342 g/mol. The molecule has 1 heterocycles. The van der Waals surface area contributed by atoms with Gasteiger partial charge >= 0.3 is 0 Å². The highest BCUT2D eigenvalue weighted by Gasteiger charge is 2.30. The van der Waals surface area contributed by atoms with E-state index in [1.54, 1.807) is 0 Å². The summed E-state index contributed by atoms with van der Waals surface area (Å²) in [5, 5.41) is 1.36. The first-order valence-electron chi connectivity index (χ1n) is 6.88. The van der Waals surface area contributed by atoms with Crippen LogP contribution in [0.1, 0.15) is 32.4 Å². The lowest BCUT2D eigenvalue weighted by Gasteiger charge is -2.41. The van der Waals surface area contributed by atoms with Crippen molar-refractivity contribution in [2.24, 2.45) is 5.73 Å². The Labute approximate surface area is 129 Å². The Hall–Kier alpha value is -0.0300. The molecule has 0 spiro atoms. The molecule has 1 aliphatic heterocycles. The van der Waals surface area contributed by atoms with Crippen LogP contribution in [0, 0.1) is 0 Å². The fourth-order valence-corrected chi connectivity index (χ4v) is 4.75. The van der Waals surface area contributed by atoms with Crippen LogP contribution in [-0.4, -0.2) is 34.5 Å². The summed E-state index contributed by atoms with van der Waals surface area (Å²) in [4.78, 5) is 2.55. The minimum atomic E-state index is 0.136. The molecule has 2 rings (SSSR count). The summed E-state index contributed by atoms with van der Waals surface area (Å²) in [6, 6.07) is 9.00. The molecule has 4 heteroatoms. The maximum atomic E-state index is 6.28. The molecule has 1 saturated heterocycles. The number of nitrogens with two attached hydrogens (primary N) is 1. The van der Waals surface area contributed by atoms with E-state index in [0.29, 0.717) is 16.5 Å². The van der Waals surface area contributed by atoms with E-state index in [9.17, 15) is 0 Å². The molecule has 4 unspecified atom stereocenters. The van der Waals surface area contributed by atoms with Crippen LogP contribution in [0.15, 0.2) is 28.7 Å². The fourth-order valence-electron chi connectivity index (χ4n) is 2.98. The smallest absolute Gasteiger partial charge is 0.0497 e. The molecular formula is C15H23BrN2S. The highest BCUT2D eigenvalue weighted by Crippen LogP contribution is 2.33. The maximum Gasteiger partial charge on any atom is 0.0497 e. The van der Waals surface area contributed by atoms with Crippen LogP contribution >= 0.6 is 27.7 Å². The van der Waals surface area contributed by atoms with Gasteiger partial charge in [0, 0.05) is 40.1 Å². The van der Waals surface area contributed by atoms with Crippen molar-refractivity contribution in [1.29, 1.82) is 0 Å². The summed E-state index contributed by atoms with van der Waals surface area (Å²) in [7, 11) is 0. The van der Waals surface area contributed by atoms with E-state index in [1.165, 1.54) is 5.56 Å². The third-order valence-corrected chi connectivity index (χ3v) is 5.25. The Morgan fingerprint density at radius 2 is 1.95 bits per heavy atom. The molecule has 0 saturated carbocycles. The molecule has 19 heavy (non-hydrogen) atoms. The van der Waals surface area contributed by atoms with Crippen molar-refractivity contribution in [3.63, 3.8) is 0 Å². The second-order valence-corrected chi connectivity index (χ2v) is 8.37. The van der Waals surface area contributed by atoms with Crippen molar-refractivity contribution in [3.05, 3.63) is 34.3 Å². The van der Waals surface area contributed by atoms with Gasteiger partial charge in [-0.1, -0.05) is 41.9 Å². The van der Waals surface area contributed by atoms with E-state index in [0.717, 1.165) is 17.6 Å². The standard InChI is InChI=1S/C15H23BrN2S/c1-10-8-18(9-11(2)19-10)15(12(3)17)13-5-4-6-14(16)7-13/h4-7,10-12,15H,8-9,17H2,1-3H3. The normalized spacial score (nSPS) is 28.1. The highest BCUT2D eigenvalue weighted by molar-refractivity contribution is 9.10. The molecule has 0 aliphatic carbocycles. The van der Waals surface area contributed by atoms with E-state index in [-0.39, 0.29) is 6.04 Å². The van der Waals surface area contributed by atoms with Crippen LogP contribution in [0.3, 0.4) is 0 Å². The van der Waals surface area contributed by atoms with E-state index < -0.39 is 0 Å². The predicted molar refractivity (Wildman–Crippen MR) is 88.6 cm³/mol. The summed E-state index contributed by atoms with van der Waals surface area (Å²) in [6.45, 7) is 8.98. The summed E-state index contributed by atoms with van der Waals surface area (Å²) in [6.07, 6.45) is 0. The second kappa shape index (κ2) is 6.61. The Kier molecular flexibility index (Phi) is 5.35. The molecule has 0 aromatic heterocycles. The highest BCUT2D eigenvalue weighted by atomic mass is 79.9. The molecule has 4 atom stereocenters. The summed E-state index contributed by atoms with van der Waals surface area (Å²) in [5.41, 5.74) is 7.59. The minimum absolute atomic E-state index is 0.136. The number of halogens is 1. The van der Waals surface area contributed by atoms with Crippen molar-refractivity contribution in [1.82, 2.24) is 4.90 Å².